The molecule has 0 aromatic heterocycles. The molecule has 1 rings (SSSR count). The Bertz CT molecular complexity index is 339. The molecule has 0 aliphatic carbocycles. The molecule has 1 aromatic carbocycles. The van der Waals surface area contributed by atoms with Crippen LogP contribution in [0.1, 0.15) is 18.1 Å². The minimum atomic E-state index is -0.793. The highest BCUT2D eigenvalue weighted by Crippen LogP contribution is 2.14. The molecule has 0 saturated heterocycles. The van der Waals surface area contributed by atoms with Crippen LogP contribution in [0.25, 0.3) is 0 Å². The quantitative estimate of drug-likeness (QED) is 0.834. The zero-order valence-corrected chi connectivity index (χ0v) is 9.73. The fourth-order valence-corrected chi connectivity index (χ4v) is 1.45. The maximum absolute atomic E-state index is 10.5. The number of carboxylic acid groups (broad SMARTS) is 1. The standard InChI is InChI=1S/C11H15NO2.ClH/c1-3-12-10-5-8(2)4-9(6-10)7-11(13)14;/h4-6,12H,3,7H2,1-2H3,(H,13,14);1H. The summed E-state index contributed by atoms with van der Waals surface area (Å²) in [4.78, 5) is 10.5. The van der Waals surface area contributed by atoms with Gasteiger partial charge in [-0.05, 0) is 37.1 Å². The van der Waals surface area contributed by atoms with E-state index in [-0.39, 0.29) is 18.8 Å². The predicted molar refractivity (Wildman–Crippen MR) is 63.9 cm³/mol. The second kappa shape index (κ2) is 6.30. The monoisotopic (exact) mass is 229 g/mol. The smallest absolute Gasteiger partial charge is 0.307 e. The molecule has 0 unspecified atom stereocenters. The number of carbonyl (C=O) groups is 1. The molecule has 0 aliphatic heterocycles. The van der Waals surface area contributed by atoms with E-state index in [4.69, 9.17) is 5.11 Å². The van der Waals surface area contributed by atoms with Gasteiger partial charge >= 0.3 is 5.97 Å². The summed E-state index contributed by atoms with van der Waals surface area (Å²) in [6.45, 7) is 4.82. The van der Waals surface area contributed by atoms with E-state index in [9.17, 15) is 4.79 Å². The molecule has 0 aliphatic rings. The van der Waals surface area contributed by atoms with Crippen LogP contribution in [0.5, 0.6) is 0 Å². The number of aryl methyl sites for hydroxylation is 1. The van der Waals surface area contributed by atoms with E-state index in [1.54, 1.807) is 0 Å². The summed E-state index contributed by atoms with van der Waals surface area (Å²) in [5.74, 6) is -0.793. The van der Waals surface area contributed by atoms with Gasteiger partial charge < -0.3 is 10.4 Å². The zero-order valence-electron chi connectivity index (χ0n) is 8.91. The van der Waals surface area contributed by atoms with Gasteiger partial charge in [0, 0.05) is 12.2 Å². The summed E-state index contributed by atoms with van der Waals surface area (Å²) in [6, 6.07) is 5.79. The number of halogens is 1. The lowest BCUT2D eigenvalue weighted by Crippen LogP contribution is -2.02. The maximum atomic E-state index is 10.5. The highest BCUT2D eigenvalue weighted by atomic mass is 35.5. The average molecular weight is 230 g/mol. The Kier molecular flexibility index (Phi) is 5.79. The summed E-state index contributed by atoms with van der Waals surface area (Å²) in [7, 11) is 0. The van der Waals surface area contributed by atoms with Crippen molar-refractivity contribution in [3.8, 4) is 0 Å². The highest BCUT2D eigenvalue weighted by molar-refractivity contribution is 5.85. The van der Waals surface area contributed by atoms with Crippen LogP contribution in [0.4, 0.5) is 5.69 Å². The van der Waals surface area contributed by atoms with Crippen molar-refractivity contribution in [2.45, 2.75) is 20.3 Å². The van der Waals surface area contributed by atoms with Gasteiger partial charge in [-0.15, -0.1) is 12.4 Å². The first-order valence-electron chi connectivity index (χ1n) is 4.68. The molecule has 0 amide bonds. The average Bonchev–Trinajstić information content (AvgIpc) is 2.01. The number of hydrogen-bond acceptors (Lipinski definition) is 2. The van der Waals surface area contributed by atoms with Crippen LogP contribution in [-0.4, -0.2) is 17.6 Å². The molecule has 0 fully saturated rings. The van der Waals surface area contributed by atoms with Crippen LogP contribution < -0.4 is 5.32 Å². The second-order valence-corrected chi connectivity index (χ2v) is 3.31. The number of rotatable bonds is 4. The lowest BCUT2D eigenvalue weighted by atomic mass is 10.1. The first-order valence-corrected chi connectivity index (χ1v) is 4.68. The molecule has 1 aromatic rings. The van der Waals surface area contributed by atoms with E-state index < -0.39 is 5.97 Å². The van der Waals surface area contributed by atoms with Gasteiger partial charge in [-0.25, -0.2) is 0 Å². The van der Waals surface area contributed by atoms with Crippen molar-refractivity contribution in [1.82, 2.24) is 0 Å². The number of anilines is 1. The van der Waals surface area contributed by atoms with Crippen LogP contribution in [0.15, 0.2) is 18.2 Å². The molecule has 0 radical (unpaired) electrons. The number of benzene rings is 1. The zero-order chi connectivity index (χ0) is 10.6. The van der Waals surface area contributed by atoms with Crippen LogP contribution in [0.3, 0.4) is 0 Å². The Hall–Kier alpha value is -1.22. The van der Waals surface area contributed by atoms with Gasteiger partial charge in [0.1, 0.15) is 0 Å². The Labute approximate surface area is 95.9 Å². The third-order valence-electron chi connectivity index (χ3n) is 1.87. The van der Waals surface area contributed by atoms with Gasteiger partial charge in [-0.1, -0.05) is 6.07 Å². The van der Waals surface area contributed by atoms with Crippen molar-refractivity contribution < 1.29 is 9.90 Å². The minimum Gasteiger partial charge on any atom is -0.481 e. The van der Waals surface area contributed by atoms with Crippen LogP contribution in [-0.2, 0) is 11.2 Å². The third kappa shape index (κ3) is 4.70. The fraction of sp³-hybridized carbons (Fsp3) is 0.364. The van der Waals surface area contributed by atoms with E-state index in [1.165, 1.54) is 0 Å². The van der Waals surface area contributed by atoms with Gasteiger partial charge in [0.25, 0.3) is 0 Å². The molecule has 84 valence electrons. The van der Waals surface area contributed by atoms with Crippen LogP contribution >= 0.6 is 12.4 Å². The van der Waals surface area contributed by atoms with Crippen molar-refractivity contribution in [2.75, 3.05) is 11.9 Å². The number of hydrogen-bond donors (Lipinski definition) is 2. The third-order valence-corrected chi connectivity index (χ3v) is 1.87. The van der Waals surface area contributed by atoms with E-state index in [0.29, 0.717) is 0 Å². The highest BCUT2D eigenvalue weighted by Gasteiger charge is 2.02. The summed E-state index contributed by atoms with van der Waals surface area (Å²) in [6.07, 6.45) is 0.0834. The fourth-order valence-electron chi connectivity index (χ4n) is 1.45. The molecule has 2 N–H and O–H groups in total. The second-order valence-electron chi connectivity index (χ2n) is 3.31. The summed E-state index contributed by atoms with van der Waals surface area (Å²) in [5.41, 5.74) is 2.91. The molecule has 0 bridgehead atoms. The molecule has 0 atom stereocenters. The summed E-state index contributed by atoms with van der Waals surface area (Å²) >= 11 is 0. The van der Waals surface area contributed by atoms with Gasteiger partial charge in [0.05, 0.1) is 6.42 Å². The first-order chi connectivity index (χ1) is 6.61. The Morgan fingerprint density at radius 3 is 2.60 bits per heavy atom. The van der Waals surface area contributed by atoms with Crippen molar-refractivity contribution >= 4 is 24.1 Å². The summed E-state index contributed by atoms with van der Waals surface area (Å²) < 4.78 is 0. The molecule has 15 heavy (non-hydrogen) atoms. The molecule has 0 spiro atoms. The minimum absolute atomic E-state index is 0. The van der Waals surface area contributed by atoms with E-state index >= 15 is 0 Å². The molecule has 0 saturated carbocycles. The SMILES string of the molecule is CCNc1cc(C)cc(CC(=O)O)c1.Cl. The lowest BCUT2D eigenvalue weighted by Gasteiger charge is -2.07. The van der Waals surface area contributed by atoms with Gasteiger partial charge in [-0.3, -0.25) is 4.79 Å². The van der Waals surface area contributed by atoms with Crippen molar-refractivity contribution in [3.05, 3.63) is 29.3 Å². The van der Waals surface area contributed by atoms with E-state index in [2.05, 4.69) is 5.32 Å². The van der Waals surface area contributed by atoms with Crippen LogP contribution in [0.2, 0.25) is 0 Å². The predicted octanol–water partition coefficient (Wildman–Crippen LogP) is 2.48. The Morgan fingerprint density at radius 2 is 2.07 bits per heavy atom. The van der Waals surface area contributed by atoms with Crippen molar-refractivity contribution in [1.29, 1.82) is 0 Å². The van der Waals surface area contributed by atoms with Gasteiger partial charge in [-0.2, -0.15) is 0 Å². The maximum Gasteiger partial charge on any atom is 0.307 e. The van der Waals surface area contributed by atoms with Gasteiger partial charge in [0.15, 0.2) is 0 Å². The molecule has 4 heteroatoms. The molecule has 0 heterocycles. The Morgan fingerprint density at radius 1 is 1.40 bits per heavy atom. The van der Waals surface area contributed by atoms with Crippen LogP contribution in [0, 0.1) is 6.92 Å². The normalized spacial score (nSPS) is 9.20. The molecule has 3 nitrogen and oxygen atoms in total. The van der Waals surface area contributed by atoms with Gasteiger partial charge in [0.2, 0.25) is 0 Å². The number of aliphatic carboxylic acids is 1. The summed E-state index contributed by atoms with van der Waals surface area (Å²) in [5, 5.41) is 11.8. The van der Waals surface area contributed by atoms with E-state index in [0.717, 1.165) is 23.4 Å². The first kappa shape index (κ1) is 13.8. The number of carboxylic acids is 1. The lowest BCUT2D eigenvalue weighted by molar-refractivity contribution is -0.136. The molecular weight excluding hydrogens is 214 g/mol. The van der Waals surface area contributed by atoms with E-state index in [1.807, 2.05) is 32.0 Å². The van der Waals surface area contributed by atoms with Crippen molar-refractivity contribution in [3.63, 3.8) is 0 Å². The Balaban J connectivity index is 0.00000196. The molecular formula is C11H16ClNO2. The topological polar surface area (TPSA) is 49.3 Å². The number of nitrogens with one attached hydrogen (secondary N) is 1. The largest absolute Gasteiger partial charge is 0.481 e. The van der Waals surface area contributed by atoms with Crippen molar-refractivity contribution in [2.24, 2.45) is 0 Å².